The molecule has 0 aliphatic heterocycles. The Hall–Kier alpha value is -1.49. The van der Waals surface area contributed by atoms with E-state index in [-0.39, 0.29) is 16.1 Å². The molecule has 18 heavy (non-hydrogen) atoms. The van der Waals surface area contributed by atoms with Gasteiger partial charge in [0.05, 0.1) is 17.6 Å². The van der Waals surface area contributed by atoms with E-state index in [0.717, 1.165) is 0 Å². The van der Waals surface area contributed by atoms with Gasteiger partial charge >= 0.3 is 6.18 Å². The molecule has 2 nitrogen and oxygen atoms in total. The van der Waals surface area contributed by atoms with Crippen LogP contribution in [0.3, 0.4) is 0 Å². The van der Waals surface area contributed by atoms with Gasteiger partial charge in [-0.3, -0.25) is 0 Å². The number of fused-ring (bicyclic) bond motifs is 1. The highest BCUT2D eigenvalue weighted by molar-refractivity contribution is 6.36. The van der Waals surface area contributed by atoms with Crippen molar-refractivity contribution >= 4 is 22.5 Å². The van der Waals surface area contributed by atoms with Crippen LogP contribution in [-0.4, -0.2) is 12.1 Å². The fourth-order valence-electron chi connectivity index (χ4n) is 1.70. The first-order valence-electron chi connectivity index (χ1n) is 5.05. The second kappa shape index (κ2) is 4.31. The summed E-state index contributed by atoms with van der Waals surface area (Å²) >= 11 is 5.97. The largest absolute Gasteiger partial charge is 0.497 e. The molecule has 6 heteroatoms. The van der Waals surface area contributed by atoms with Crippen molar-refractivity contribution in [3.63, 3.8) is 0 Å². The Morgan fingerprint density at radius 3 is 2.50 bits per heavy atom. The highest BCUT2D eigenvalue weighted by Gasteiger charge is 2.35. The minimum absolute atomic E-state index is 0.0474. The predicted octanol–water partition coefficient (Wildman–Crippen LogP) is 4.22. The third-order valence-electron chi connectivity index (χ3n) is 2.63. The molecule has 0 aliphatic carbocycles. The van der Waals surface area contributed by atoms with Gasteiger partial charge in [-0.25, -0.2) is 4.98 Å². The summed E-state index contributed by atoms with van der Waals surface area (Å²) in [7, 11) is 1.47. The van der Waals surface area contributed by atoms with E-state index in [2.05, 4.69) is 4.98 Å². The third-order valence-corrected chi connectivity index (χ3v) is 3.11. The summed E-state index contributed by atoms with van der Waals surface area (Å²) in [5, 5.41) is 0.493. The van der Waals surface area contributed by atoms with Crippen LogP contribution in [-0.2, 0) is 6.18 Å². The lowest BCUT2D eigenvalue weighted by Crippen LogP contribution is -2.11. The van der Waals surface area contributed by atoms with Gasteiger partial charge < -0.3 is 4.74 Å². The molecule has 2 rings (SSSR count). The van der Waals surface area contributed by atoms with Gasteiger partial charge in [-0.1, -0.05) is 11.6 Å². The van der Waals surface area contributed by atoms with Crippen molar-refractivity contribution < 1.29 is 17.9 Å². The van der Waals surface area contributed by atoms with Crippen molar-refractivity contribution in [1.29, 1.82) is 0 Å². The fraction of sp³-hybridized carbons (Fsp3) is 0.250. The molecule has 0 bridgehead atoms. The second-order valence-electron chi connectivity index (χ2n) is 3.78. The van der Waals surface area contributed by atoms with Gasteiger partial charge in [0.1, 0.15) is 11.4 Å². The van der Waals surface area contributed by atoms with Crippen molar-refractivity contribution in [3.05, 3.63) is 34.5 Å². The van der Waals surface area contributed by atoms with Crippen LogP contribution in [0, 0.1) is 6.92 Å². The van der Waals surface area contributed by atoms with Gasteiger partial charge in [0, 0.05) is 5.39 Å². The van der Waals surface area contributed by atoms with E-state index in [0.29, 0.717) is 11.1 Å². The molecule has 96 valence electrons. The first-order valence-corrected chi connectivity index (χ1v) is 5.43. The van der Waals surface area contributed by atoms with E-state index < -0.39 is 11.9 Å². The zero-order chi connectivity index (χ0) is 13.5. The lowest BCUT2D eigenvalue weighted by atomic mass is 10.1. The zero-order valence-corrected chi connectivity index (χ0v) is 10.4. The normalized spacial score (nSPS) is 11.9. The van der Waals surface area contributed by atoms with Crippen LogP contribution >= 0.6 is 11.6 Å². The SMILES string of the molecule is COc1ccc2nc(C(F)(F)F)c(C)c(Cl)c2c1. The molecule has 1 aromatic carbocycles. The van der Waals surface area contributed by atoms with Crippen LogP contribution in [0.15, 0.2) is 18.2 Å². The molecule has 0 aliphatic rings. The minimum Gasteiger partial charge on any atom is -0.497 e. The van der Waals surface area contributed by atoms with Crippen LogP contribution in [0.5, 0.6) is 5.75 Å². The van der Waals surface area contributed by atoms with Gasteiger partial charge in [-0.15, -0.1) is 0 Å². The van der Waals surface area contributed by atoms with Crippen molar-refractivity contribution in [1.82, 2.24) is 4.98 Å². The zero-order valence-electron chi connectivity index (χ0n) is 9.60. The molecule has 0 saturated carbocycles. The molecule has 1 aromatic heterocycles. The first kappa shape index (κ1) is 13.0. The van der Waals surface area contributed by atoms with E-state index in [1.165, 1.54) is 20.1 Å². The number of benzene rings is 1. The maximum atomic E-state index is 12.8. The quantitative estimate of drug-likeness (QED) is 0.777. The topological polar surface area (TPSA) is 22.1 Å². The first-order chi connectivity index (χ1) is 8.34. The molecule has 0 unspecified atom stereocenters. The Labute approximate surface area is 106 Å². The second-order valence-corrected chi connectivity index (χ2v) is 4.16. The molecule has 0 N–H and O–H groups in total. The summed E-state index contributed by atoms with van der Waals surface area (Å²) in [4.78, 5) is 3.62. The van der Waals surface area contributed by atoms with E-state index in [4.69, 9.17) is 16.3 Å². The molecular formula is C12H9ClF3NO. The van der Waals surface area contributed by atoms with Crippen LogP contribution in [0.25, 0.3) is 10.9 Å². The average molecular weight is 276 g/mol. The highest BCUT2D eigenvalue weighted by Crippen LogP contribution is 2.37. The number of methoxy groups -OCH3 is 1. The van der Waals surface area contributed by atoms with Gasteiger partial charge in [0.15, 0.2) is 0 Å². The van der Waals surface area contributed by atoms with E-state index in [9.17, 15) is 13.2 Å². The average Bonchev–Trinajstić information content (AvgIpc) is 2.32. The number of alkyl halides is 3. The number of rotatable bonds is 1. The summed E-state index contributed by atoms with van der Waals surface area (Å²) < 4.78 is 43.3. The summed E-state index contributed by atoms with van der Waals surface area (Å²) in [5.74, 6) is 0.519. The van der Waals surface area contributed by atoms with Gasteiger partial charge in [-0.2, -0.15) is 13.2 Å². The standard InChI is InChI=1S/C12H9ClF3NO/c1-6-10(13)8-5-7(18-2)3-4-9(8)17-11(6)12(14,15)16/h3-5H,1-2H3. The van der Waals surface area contributed by atoms with Crippen LogP contribution in [0.1, 0.15) is 11.3 Å². The monoisotopic (exact) mass is 275 g/mol. The van der Waals surface area contributed by atoms with Crippen LogP contribution < -0.4 is 4.74 Å². The summed E-state index contributed by atoms with van der Waals surface area (Å²) in [6.07, 6.45) is -4.51. The molecule has 0 saturated heterocycles. The Morgan fingerprint density at radius 1 is 1.28 bits per heavy atom. The number of ether oxygens (including phenoxy) is 1. The van der Waals surface area contributed by atoms with Crippen LogP contribution in [0.4, 0.5) is 13.2 Å². The van der Waals surface area contributed by atoms with E-state index >= 15 is 0 Å². The maximum Gasteiger partial charge on any atom is 0.433 e. The Balaban J connectivity index is 2.79. The molecular weight excluding hydrogens is 267 g/mol. The molecule has 2 aromatic rings. The van der Waals surface area contributed by atoms with E-state index in [1.807, 2.05) is 0 Å². The molecule has 0 atom stereocenters. The summed E-state index contributed by atoms with van der Waals surface area (Å²) in [5.41, 5.74) is -0.839. The number of hydrogen-bond acceptors (Lipinski definition) is 2. The molecule has 0 amide bonds. The lowest BCUT2D eigenvalue weighted by Gasteiger charge is -2.13. The molecule has 0 fully saturated rings. The summed E-state index contributed by atoms with van der Waals surface area (Å²) in [6.45, 7) is 1.30. The fourth-order valence-corrected chi connectivity index (χ4v) is 1.94. The van der Waals surface area contributed by atoms with Gasteiger partial charge in [0.2, 0.25) is 0 Å². The van der Waals surface area contributed by atoms with Gasteiger partial charge in [-0.05, 0) is 30.7 Å². The number of aromatic nitrogens is 1. The molecule has 0 radical (unpaired) electrons. The van der Waals surface area contributed by atoms with Crippen LogP contribution in [0.2, 0.25) is 5.02 Å². The number of nitrogens with zero attached hydrogens (tertiary/aromatic N) is 1. The lowest BCUT2D eigenvalue weighted by molar-refractivity contribution is -0.141. The predicted molar refractivity (Wildman–Crippen MR) is 63.0 cm³/mol. The highest BCUT2D eigenvalue weighted by atomic mass is 35.5. The van der Waals surface area contributed by atoms with Gasteiger partial charge in [0.25, 0.3) is 0 Å². The molecule has 0 spiro atoms. The number of halogens is 4. The smallest absolute Gasteiger partial charge is 0.433 e. The minimum atomic E-state index is -4.51. The maximum absolute atomic E-state index is 12.8. The Kier molecular flexibility index (Phi) is 3.11. The van der Waals surface area contributed by atoms with Crippen molar-refractivity contribution in [2.75, 3.05) is 7.11 Å². The number of pyridine rings is 1. The number of hydrogen-bond donors (Lipinski definition) is 0. The van der Waals surface area contributed by atoms with Crippen molar-refractivity contribution in [2.45, 2.75) is 13.1 Å². The van der Waals surface area contributed by atoms with E-state index in [1.54, 1.807) is 12.1 Å². The Morgan fingerprint density at radius 2 is 1.94 bits per heavy atom. The summed E-state index contributed by atoms with van der Waals surface area (Å²) in [6, 6.07) is 4.56. The van der Waals surface area contributed by atoms with Crippen molar-refractivity contribution in [3.8, 4) is 5.75 Å². The van der Waals surface area contributed by atoms with Crippen molar-refractivity contribution in [2.24, 2.45) is 0 Å². The third kappa shape index (κ3) is 2.10. The molecule has 1 heterocycles. The Bertz CT molecular complexity index is 610.